The van der Waals surface area contributed by atoms with Gasteiger partial charge < -0.3 is 14.5 Å². The number of halogens is 3. The highest BCUT2D eigenvalue weighted by Crippen LogP contribution is 2.54. The van der Waals surface area contributed by atoms with Crippen LogP contribution in [0.3, 0.4) is 0 Å². The summed E-state index contributed by atoms with van der Waals surface area (Å²) in [6.07, 6.45) is 6.83. The summed E-state index contributed by atoms with van der Waals surface area (Å²) in [7, 11) is 1.85. The van der Waals surface area contributed by atoms with Crippen LogP contribution in [0.2, 0.25) is 5.02 Å². The maximum atomic E-state index is 14.2. The Morgan fingerprint density at radius 3 is 2.61 bits per heavy atom. The van der Waals surface area contributed by atoms with Crippen LogP contribution in [-0.2, 0) is 25.6 Å². The second kappa shape index (κ2) is 7.61. The molecule has 0 aromatic carbocycles. The van der Waals surface area contributed by atoms with Crippen molar-refractivity contribution in [2.24, 2.45) is 12.5 Å². The topological polar surface area (TPSA) is 78.4 Å². The van der Waals surface area contributed by atoms with Crippen LogP contribution < -0.4 is 5.32 Å². The first kappa shape index (κ1) is 22.0. The fraction of sp³-hybridized carbons (Fsp3) is 0.440. The van der Waals surface area contributed by atoms with Gasteiger partial charge in [-0.2, -0.15) is 5.10 Å². The molecule has 0 unspecified atom stereocenters. The monoisotopic (exact) mass is 510 g/mol. The van der Waals surface area contributed by atoms with Crippen molar-refractivity contribution >= 4 is 23.2 Å². The fourth-order valence-corrected chi connectivity index (χ4v) is 5.89. The summed E-state index contributed by atoms with van der Waals surface area (Å²) in [6.45, 7) is 1.50. The number of pyridine rings is 1. The molecule has 5 heterocycles. The summed E-state index contributed by atoms with van der Waals surface area (Å²) in [4.78, 5) is 4.42. The molecule has 0 saturated heterocycles. The smallest absolute Gasteiger partial charge is 0.251 e. The number of rotatable bonds is 5. The molecule has 0 amide bonds. The Morgan fingerprint density at radius 2 is 1.94 bits per heavy atom. The molecule has 1 N–H and O–H groups in total. The van der Waals surface area contributed by atoms with Crippen molar-refractivity contribution in [1.29, 1.82) is 0 Å². The molecule has 2 saturated carbocycles. The zero-order chi connectivity index (χ0) is 24.7. The average Bonchev–Trinajstić information content (AvgIpc) is 3.09. The molecule has 1 aliphatic heterocycles. The molecule has 0 radical (unpaired) electrons. The highest BCUT2D eigenvalue weighted by molar-refractivity contribution is 6.33. The summed E-state index contributed by atoms with van der Waals surface area (Å²) in [5.41, 5.74) is 1.51. The van der Waals surface area contributed by atoms with Gasteiger partial charge in [-0.25, -0.2) is 13.8 Å². The Labute approximate surface area is 211 Å². The molecule has 3 aliphatic rings. The molecular formula is C25H25ClF2N8. The predicted molar refractivity (Wildman–Crippen MR) is 131 cm³/mol. The molecule has 2 aliphatic carbocycles. The van der Waals surface area contributed by atoms with Crippen molar-refractivity contribution in [2.45, 2.75) is 57.0 Å². The van der Waals surface area contributed by atoms with Crippen molar-refractivity contribution in [2.75, 3.05) is 5.32 Å². The van der Waals surface area contributed by atoms with E-state index in [1.54, 1.807) is 17.1 Å². The van der Waals surface area contributed by atoms with Gasteiger partial charge in [0.1, 0.15) is 17.5 Å². The number of hydrogen-bond donors (Lipinski definition) is 1. The lowest BCUT2D eigenvalue weighted by atomic mass is 9.68. The van der Waals surface area contributed by atoms with E-state index in [9.17, 15) is 8.78 Å². The second-order valence-corrected chi connectivity index (χ2v) is 10.9. The molecule has 186 valence electrons. The Bertz CT molecular complexity index is 1480. The van der Waals surface area contributed by atoms with Crippen LogP contribution in [0.4, 0.5) is 20.4 Å². The maximum absolute atomic E-state index is 14.2. The third kappa shape index (κ3) is 3.23. The van der Waals surface area contributed by atoms with E-state index in [-0.39, 0.29) is 5.41 Å². The van der Waals surface area contributed by atoms with Crippen molar-refractivity contribution in [3.8, 4) is 22.6 Å². The average molecular weight is 511 g/mol. The molecule has 7 rings (SSSR count). The minimum absolute atomic E-state index is 0.0504. The normalized spacial score (nSPS) is 19.0. The number of nitrogens with zero attached hydrogens (tertiary/aromatic N) is 7. The van der Waals surface area contributed by atoms with E-state index in [0.29, 0.717) is 41.9 Å². The Balaban J connectivity index is 1.32. The zero-order valence-corrected chi connectivity index (χ0v) is 20.5. The number of alkyl halides is 2. The van der Waals surface area contributed by atoms with Gasteiger partial charge in [0.25, 0.3) is 6.43 Å². The first-order valence-corrected chi connectivity index (χ1v) is 12.6. The number of aromatic nitrogens is 7. The van der Waals surface area contributed by atoms with Crippen molar-refractivity contribution in [1.82, 2.24) is 34.1 Å². The van der Waals surface area contributed by atoms with Gasteiger partial charge in [0.05, 0.1) is 22.3 Å². The molecule has 0 atom stereocenters. The van der Waals surface area contributed by atoms with Crippen LogP contribution in [0.15, 0.2) is 36.8 Å². The third-order valence-corrected chi connectivity index (χ3v) is 8.49. The van der Waals surface area contributed by atoms with Gasteiger partial charge in [0.2, 0.25) is 0 Å². The molecule has 4 aromatic rings. The summed E-state index contributed by atoms with van der Waals surface area (Å²) < 4.78 is 34.4. The summed E-state index contributed by atoms with van der Waals surface area (Å²) in [5, 5.41) is 16.8. The fourth-order valence-electron chi connectivity index (χ4n) is 5.68. The maximum Gasteiger partial charge on any atom is 0.251 e. The van der Waals surface area contributed by atoms with Gasteiger partial charge in [-0.15, -0.1) is 10.2 Å². The summed E-state index contributed by atoms with van der Waals surface area (Å²) in [5.74, 6) is 2.56. The van der Waals surface area contributed by atoms with Gasteiger partial charge in [-0.05, 0) is 37.8 Å². The molecule has 2 fully saturated rings. The van der Waals surface area contributed by atoms with Crippen LogP contribution in [0.25, 0.3) is 22.6 Å². The lowest BCUT2D eigenvalue weighted by molar-refractivity contribution is -0.00750. The van der Waals surface area contributed by atoms with Crippen LogP contribution in [0, 0.1) is 5.41 Å². The number of fused-ring (bicyclic) bond motifs is 3. The highest BCUT2D eigenvalue weighted by Gasteiger charge is 2.53. The first-order chi connectivity index (χ1) is 17.4. The molecule has 0 bridgehead atoms. The largest absolute Gasteiger partial charge is 0.344 e. The molecule has 36 heavy (non-hydrogen) atoms. The van der Waals surface area contributed by atoms with E-state index < -0.39 is 11.8 Å². The summed E-state index contributed by atoms with van der Waals surface area (Å²) in [6, 6.07) is 5.81. The van der Waals surface area contributed by atoms with Crippen LogP contribution >= 0.6 is 11.6 Å². The predicted octanol–water partition coefficient (Wildman–Crippen LogP) is 5.42. The van der Waals surface area contributed by atoms with Crippen LogP contribution in [-0.4, -0.2) is 40.5 Å². The standard InChI is InChI=1S/C25H25ClF2N8/c1-34-20(3-8-30-34)31-19-10-16(17(26)11-29-19)15-9-18-21-32-33-23(25(22(27)28)4-2-5-25)36(21)14-24(6-7-24)13-35(18)12-15/h3,8-12,22H,2,4-7,13-14H2,1H3,(H,29,31). The van der Waals surface area contributed by atoms with Crippen molar-refractivity contribution in [3.63, 3.8) is 0 Å². The lowest BCUT2D eigenvalue weighted by Crippen LogP contribution is -2.44. The quantitative estimate of drug-likeness (QED) is 0.388. The Kier molecular flexibility index (Phi) is 4.65. The van der Waals surface area contributed by atoms with E-state index >= 15 is 0 Å². The van der Waals surface area contributed by atoms with E-state index in [0.717, 1.165) is 48.4 Å². The van der Waals surface area contributed by atoms with E-state index in [1.165, 1.54) is 0 Å². The first-order valence-electron chi connectivity index (χ1n) is 12.2. The number of aryl methyl sites for hydroxylation is 1. The van der Waals surface area contributed by atoms with Gasteiger partial charge >= 0.3 is 0 Å². The van der Waals surface area contributed by atoms with Crippen LogP contribution in [0.5, 0.6) is 0 Å². The highest BCUT2D eigenvalue weighted by atomic mass is 35.5. The van der Waals surface area contributed by atoms with Gasteiger partial charge in [0.15, 0.2) is 5.82 Å². The number of hydrogen-bond acceptors (Lipinski definition) is 5. The SMILES string of the molecule is Cn1nccc1Nc1cc(-c2cc3n(c2)CC2(CC2)Cn2c-3nnc2C2(C(F)F)CCC2)c(Cl)cn1. The van der Waals surface area contributed by atoms with Gasteiger partial charge in [0, 0.05) is 55.1 Å². The third-order valence-electron chi connectivity index (χ3n) is 8.19. The van der Waals surface area contributed by atoms with Gasteiger partial charge in [-0.1, -0.05) is 18.0 Å². The number of anilines is 2. The molecule has 4 aromatic heterocycles. The summed E-state index contributed by atoms with van der Waals surface area (Å²) >= 11 is 6.60. The number of nitrogens with one attached hydrogen (secondary N) is 1. The zero-order valence-electron chi connectivity index (χ0n) is 19.8. The van der Waals surface area contributed by atoms with E-state index in [1.807, 2.05) is 29.8 Å². The van der Waals surface area contributed by atoms with Gasteiger partial charge in [-0.3, -0.25) is 4.68 Å². The van der Waals surface area contributed by atoms with Crippen LogP contribution in [0.1, 0.15) is 37.9 Å². The van der Waals surface area contributed by atoms with Crippen molar-refractivity contribution in [3.05, 3.63) is 47.6 Å². The minimum atomic E-state index is -2.44. The van der Waals surface area contributed by atoms with Crippen molar-refractivity contribution < 1.29 is 8.78 Å². The second-order valence-electron chi connectivity index (χ2n) is 10.5. The lowest BCUT2D eigenvalue weighted by Gasteiger charge is -2.40. The molecule has 11 heteroatoms. The molecule has 8 nitrogen and oxygen atoms in total. The van der Waals surface area contributed by atoms with E-state index in [4.69, 9.17) is 11.6 Å². The Hall–Kier alpha value is -3.27. The minimum Gasteiger partial charge on any atom is -0.344 e. The molecular weight excluding hydrogens is 486 g/mol. The van der Waals surface area contributed by atoms with E-state index in [2.05, 4.69) is 36.4 Å². The Morgan fingerprint density at radius 1 is 1.11 bits per heavy atom. The molecule has 1 spiro atoms.